The monoisotopic (exact) mass is 279 g/mol. The van der Waals surface area contributed by atoms with Gasteiger partial charge < -0.3 is 4.74 Å². The van der Waals surface area contributed by atoms with Crippen LogP contribution in [0.1, 0.15) is 31.2 Å². The molecule has 0 aromatic heterocycles. The van der Waals surface area contributed by atoms with Gasteiger partial charge in [0, 0.05) is 24.5 Å². The van der Waals surface area contributed by atoms with Gasteiger partial charge in [-0.25, -0.2) is 4.39 Å². The average Bonchev–Trinajstić information content (AvgIpc) is 2.40. The highest BCUT2D eigenvalue weighted by Gasteiger charge is 2.49. The van der Waals surface area contributed by atoms with Crippen molar-refractivity contribution >= 4 is 11.8 Å². The van der Waals surface area contributed by atoms with E-state index in [0.717, 1.165) is 0 Å². The quantitative estimate of drug-likeness (QED) is 0.858. The number of amides is 2. The minimum atomic E-state index is -0.716. The van der Waals surface area contributed by atoms with Crippen molar-refractivity contribution in [2.24, 2.45) is 5.41 Å². The van der Waals surface area contributed by atoms with Gasteiger partial charge in [-0.1, -0.05) is 25.1 Å². The number of carbonyl (C=O) groups excluding carboxylic acids is 2. The first-order valence-electron chi connectivity index (χ1n) is 6.61. The van der Waals surface area contributed by atoms with Crippen LogP contribution in [0.15, 0.2) is 24.3 Å². The number of piperidine rings is 1. The molecule has 0 spiro atoms. The lowest BCUT2D eigenvalue weighted by Gasteiger charge is -2.41. The van der Waals surface area contributed by atoms with Crippen molar-refractivity contribution in [2.75, 3.05) is 13.7 Å². The van der Waals surface area contributed by atoms with Gasteiger partial charge in [0.15, 0.2) is 0 Å². The Morgan fingerprint density at radius 1 is 1.40 bits per heavy atom. The lowest BCUT2D eigenvalue weighted by Crippen LogP contribution is -2.52. The molecule has 5 heteroatoms. The van der Waals surface area contributed by atoms with E-state index in [1.165, 1.54) is 13.2 Å². The van der Waals surface area contributed by atoms with E-state index in [0.29, 0.717) is 12.0 Å². The molecular formula is C15H18FNO3. The van der Waals surface area contributed by atoms with Gasteiger partial charge >= 0.3 is 0 Å². The van der Waals surface area contributed by atoms with E-state index in [2.05, 4.69) is 5.32 Å². The van der Waals surface area contributed by atoms with E-state index < -0.39 is 23.1 Å². The van der Waals surface area contributed by atoms with Crippen LogP contribution >= 0.6 is 0 Å². The SMILES string of the molecule is CCC1(COC)CC(=O)NC(=O)C1c1ccccc1F. The molecule has 1 fully saturated rings. The third-order valence-electron chi connectivity index (χ3n) is 4.00. The van der Waals surface area contributed by atoms with Gasteiger partial charge in [0.2, 0.25) is 11.8 Å². The largest absolute Gasteiger partial charge is 0.384 e. The Morgan fingerprint density at radius 2 is 2.10 bits per heavy atom. The third-order valence-corrected chi connectivity index (χ3v) is 4.00. The van der Waals surface area contributed by atoms with Crippen molar-refractivity contribution in [2.45, 2.75) is 25.7 Å². The van der Waals surface area contributed by atoms with Crippen LogP contribution in [0.2, 0.25) is 0 Å². The summed E-state index contributed by atoms with van der Waals surface area (Å²) in [6, 6.07) is 6.19. The molecule has 0 bridgehead atoms. The molecule has 0 radical (unpaired) electrons. The predicted octanol–water partition coefficient (Wildman–Crippen LogP) is 2.00. The molecule has 1 N–H and O–H groups in total. The van der Waals surface area contributed by atoms with Crippen LogP contribution < -0.4 is 5.32 Å². The smallest absolute Gasteiger partial charge is 0.234 e. The Morgan fingerprint density at radius 3 is 2.70 bits per heavy atom. The van der Waals surface area contributed by atoms with Crippen LogP contribution in [0.25, 0.3) is 0 Å². The first kappa shape index (κ1) is 14.7. The second kappa shape index (κ2) is 5.71. The van der Waals surface area contributed by atoms with Crippen LogP contribution in [-0.4, -0.2) is 25.5 Å². The first-order valence-corrected chi connectivity index (χ1v) is 6.61. The van der Waals surface area contributed by atoms with Crippen LogP contribution in [0.5, 0.6) is 0 Å². The number of nitrogens with one attached hydrogen (secondary N) is 1. The maximum atomic E-state index is 14.1. The standard InChI is InChI=1S/C15H18FNO3/c1-3-15(9-20-2)8-12(18)17-14(19)13(15)10-6-4-5-7-11(10)16/h4-7,13H,3,8-9H2,1-2H3,(H,17,18,19). The molecule has 0 aliphatic carbocycles. The highest BCUT2D eigenvalue weighted by atomic mass is 19.1. The minimum absolute atomic E-state index is 0.155. The predicted molar refractivity (Wildman–Crippen MR) is 71.5 cm³/mol. The number of benzene rings is 1. The molecule has 2 amide bonds. The van der Waals surface area contributed by atoms with Gasteiger partial charge in [-0.05, 0) is 12.5 Å². The molecule has 2 rings (SSSR count). The third kappa shape index (κ3) is 2.45. The fourth-order valence-electron chi connectivity index (χ4n) is 2.99. The summed E-state index contributed by atoms with van der Waals surface area (Å²) in [5.41, 5.74) is -0.382. The lowest BCUT2D eigenvalue weighted by molar-refractivity contribution is -0.142. The zero-order valence-corrected chi connectivity index (χ0v) is 11.6. The Hall–Kier alpha value is -1.75. The molecule has 1 heterocycles. The zero-order chi connectivity index (χ0) is 14.8. The van der Waals surface area contributed by atoms with Crippen LogP contribution in [0, 0.1) is 11.2 Å². The molecule has 1 aliphatic heterocycles. The van der Waals surface area contributed by atoms with Gasteiger partial charge in [-0.2, -0.15) is 0 Å². The normalized spacial score (nSPS) is 26.4. The fourth-order valence-corrected chi connectivity index (χ4v) is 2.99. The number of imide groups is 1. The summed E-state index contributed by atoms with van der Waals surface area (Å²) in [7, 11) is 1.52. The first-order chi connectivity index (χ1) is 9.54. The van der Waals surface area contributed by atoms with Crippen LogP contribution in [0.4, 0.5) is 4.39 Å². The van der Waals surface area contributed by atoms with Gasteiger partial charge in [0.05, 0.1) is 12.5 Å². The molecule has 2 unspecified atom stereocenters. The van der Waals surface area contributed by atoms with E-state index in [4.69, 9.17) is 4.74 Å². The zero-order valence-electron chi connectivity index (χ0n) is 11.6. The summed E-state index contributed by atoms with van der Waals surface area (Å²) in [6.07, 6.45) is 0.709. The Labute approximate surface area is 117 Å². The van der Waals surface area contributed by atoms with E-state index in [1.54, 1.807) is 18.2 Å². The van der Waals surface area contributed by atoms with E-state index in [-0.39, 0.29) is 18.9 Å². The number of halogens is 1. The molecule has 1 aromatic rings. The summed E-state index contributed by atoms with van der Waals surface area (Å²) >= 11 is 0. The van der Waals surface area contributed by atoms with E-state index in [9.17, 15) is 14.0 Å². The summed E-state index contributed by atoms with van der Waals surface area (Å²) in [5.74, 6) is -1.94. The summed E-state index contributed by atoms with van der Waals surface area (Å²) in [4.78, 5) is 24.0. The highest BCUT2D eigenvalue weighted by molar-refractivity contribution is 6.02. The van der Waals surface area contributed by atoms with Crippen molar-refractivity contribution in [3.8, 4) is 0 Å². The van der Waals surface area contributed by atoms with Gasteiger partial charge in [-0.15, -0.1) is 0 Å². The number of rotatable bonds is 4. The van der Waals surface area contributed by atoms with Crippen molar-refractivity contribution in [1.29, 1.82) is 0 Å². The van der Waals surface area contributed by atoms with Crippen molar-refractivity contribution in [3.05, 3.63) is 35.6 Å². The summed E-state index contributed by atoms with van der Waals surface area (Å²) < 4.78 is 19.3. The maximum Gasteiger partial charge on any atom is 0.234 e. The van der Waals surface area contributed by atoms with Crippen molar-refractivity contribution < 1.29 is 18.7 Å². The molecule has 4 nitrogen and oxygen atoms in total. The van der Waals surface area contributed by atoms with Crippen molar-refractivity contribution in [1.82, 2.24) is 5.32 Å². The van der Waals surface area contributed by atoms with Gasteiger partial charge in [0.1, 0.15) is 5.82 Å². The summed E-state index contributed by atoms with van der Waals surface area (Å²) in [5, 5.41) is 2.30. The number of ether oxygens (including phenoxy) is 1. The molecule has 108 valence electrons. The maximum absolute atomic E-state index is 14.1. The molecule has 1 aromatic carbocycles. The van der Waals surface area contributed by atoms with E-state index in [1.807, 2.05) is 6.92 Å². The van der Waals surface area contributed by atoms with Crippen LogP contribution in [-0.2, 0) is 14.3 Å². The number of hydrogen-bond acceptors (Lipinski definition) is 3. The number of carbonyl (C=O) groups is 2. The Balaban J connectivity index is 2.52. The Bertz CT molecular complexity index is 532. The van der Waals surface area contributed by atoms with E-state index >= 15 is 0 Å². The summed E-state index contributed by atoms with van der Waals surface area (Å²) in [6.45, 7) is 2.13. The molecule has 0 saturated carbocycles. The molecule has 1 aliphatic rings. The topological polar surface area (TPSA) is 55.4 Å². The van der Waals surface area contributed by atoms with Crippen LogP contribution in [0.3, 0.4) is 0 Å². The Kier molecular flexibility index (Phi) is 4.18. The lowest BCUT2D eigenvalue weighted by atomic mass is 9.66. The number of methoxy groups -OCH3 is 1. The molecule has 20 heavy (non-hydrogen) atoms. The second-order valence-corrected chi connectivity index (χ2v) is 5.19. The van der Waals surface area contributed by atoms with Crippen molar-refractivity contribution in [3.63, 3.8) is 0 Å². The van der Waals surface area contributed by atoms with Gasteiger partial charge in [0.25, 0.3) is 0 Å². The average molecular weight is 279 g/mol. The molecule has 1 saturated heterocycles. The number of hydrogen-bond donors (Lipinski definition) is 1. The second-order valence-electron chi connectivity index (χ2n) is 5.19. The fraction of sp³-hybridized carbons (Fsp3) is 0.467. The van der Waals surface area contributed by atoms with Gasteiger partial charge in [-0.3, -0.25) is 14.9 Å². The molecule has 2 atom stereocenters. The highest BCUT2D eigenvalue weighted by Crippen LogP contribution is 2.45. The minimum Gasteiger partial charge on any atom is -0.384 e. The molecular weight excluding hydrogens is 261 g/mol.